The number of thiol groups is 1. The number of benzene rings is 1. The third-order valence-electron chi connectivity index (χ3n) is 1.85. The van der Waals surface area contributed by atoms with Crippen molar-refractivity contribution in [1.29, 1.82) is 0 Å². The molecule has 0 aliphatic rings. The van der Waals surface area contributed by atoms with Gasteiger partial charge < -0.3 is 0 Å². The number of hydrogen-bond donors (Lipinski definition) is 1. The zero-order valence-electron chi connectivity index (χ0n) is 6.68. The van der Waals surface area contributed by atoms with Crippen LogP contribution in [0.3, 0.4) is 0 Å². The molecule has 0 saturated carbocycles. The van der Waals surface area contributed by atoms with E-state index >= 15 is 0 Å². The van der Waals surface area contributed by atoms with Gasteiger partial charge in [-0.25, -0.2) is 8.42 Å². The van der Waals surface area contributed by atoms with Crippen LogP contribution in [0.5, 0.6) is 0 Å². The van der Waals surface area contributed by atoms with E-state index in [0.717, 1.165) is 10.8 Å². The van der Waals surface area contributed by atoms with Crippen molar-refractivity contribution in [3.8, 4) is 0 Å². The van der Waals surface area contributed by atoms with Crippen LogP contribution in [0, 0.1) is 0 Å². The van der Waals surface area contributed by atoms with Crippen molar-refractivity contribution in [2.75, 3.05) is 0 Å². The number of rotatable bonds is 1. The van der Waals surface area contributed by atoms with Crippen molar-refractivity contribution in [2.45, 2.75) is 4.90 Å². The van der Waals surface area contributed by atoms with Crippen molar-refractivity contribution in [3.05, 3.63) is 36.7 Å². The van der Waals surface area contributed by atoms with Crippen molar-refractivity contribution in [3.63, 3.8) is 0 Å². The number of nitrogens with zero attached hydrogens (tertiary/aromatic N) is 1. The average Bonchev–Trinajstić information content (AvgIpc) is 2.17. The van der Waals surface area contributed by atoms with Gasteiger partial charge in [0.1, 0.15) is 0 Å². The first-order valence-electron chi connectivity index (χ1n) is 3.76. The Bertz CT molecular complexity index is 507. The quantitative estimate of drug-likeness (QED) is 0.692. The van der Waals surface area contributed by atoms with Gasteiger partial charge in [0.25, 0.3) is 0 Å². The predicted molar refractivity (Wildman–Crippen MR) is 50.3 cm³/mol. The summed E-state index contributed by atoms with van der Waals surface area (Å²) in [6.45, 7) is 0. The highest BCUT2D eigenvalue weighted by Gasteiger charge is 2.00. The van der Waals surface area contributed by atoms with Crippen molar-refractivity contribution in [2.24, 2.45) is 0 Å². The van der Waals surface area contributed by atoms with Crippen LogP contribution in [0.2, 0.25) is 0 Å². The Morgan fingerprint density at radius 3 is 2.77 bits per heavy atom. The molecule has 0 aliphatic carbocycles. The molecule has 0 atom stereocenters. The minimum atomic E-state index is -2.52. The smallest absolute Gasteiger partial charge is 0.168 e. The largest absolute Gasteiger partial charge is 0.264 e. The van der Waals surface area contributed by atoms with Gasteiger partial charge in [-0.15, -0.1) is 0 Å². The van der Waals surface area contributed by atoms with Crippen LogP contribution >= 0.6 is 0 Å². The molecule has 0 N–H and O–H groups in total. The first kappa shape index (κ1) is 8.19. The summed E-state index contributed by atoms with van der Waals surface area (Å²) in [7, 11) is -2.52. The summed E-state index contributed by atoms with van der Waals surface area (Å²) in [6, 6.07) is 6.85. The molecular weight excluding hydrogens is 186 g/mol. The van der Waals surface area contributed by atoms with Crippen molar-refractivity contribution in [1.82, 2.24) is 4.98 Å². The molecule has 0 fully saturated rings. The van der Waals surface area contributed by atoms with E-state index in [1.165, 1.54) is 0 Å². The topological polar surface area (TPSA) is 47.0 Å². The molecule has 0 bridgehead atoms. The van der Waals surface area contributed by atoms with Crippen LogP contribution in [-0.2, 0) is 10.7 Å². The van der Waals surface area contributed by atoms with E-state index in [2.05, 4.69) is 4.98 Å². The lowest BCUT2D eigenvalue weighted by atomic mass is 10.2. The molecule has 1 aromatic heterocycles. The second-order valence-corrected chi connectivity index (χ2v) is 3.63. The predicted octanol–water partition coefficient (Wildman–Crippen LogP) is 1.21. The SMILES string of the molecule is O=[SH](=O)c1cccc2cnccc12. The average molecular weight is 193 g/mol. The summed E-state index contributed by atoms with van der Waals surface area (Å²) in [6.07, 6.45) is 3.24. The maximum absolute atomic E-state index is 10.8. The minimum Gasteiger partial charge on any atom is -0.264 e. The number of aromatic nitrogens is 1. The fourth-order valence-corrected chi connectivity index (χ4v) is 1.87. The van der Waals surface area contributed by atoms with Crippen LogP contribution in [0.1, 0.15) is 0 Å². The van der Waals surface area contributed by atoms with E-state index < -0.39 is 10.7 Å². The minimum absolute atomic E-state index is 0.356. The lowest BCUT2D eigenvalue weighted by molar-refractivity contribution is 0.615. The Morgan fingerprint density at radius 1 is 1.15 bits per heavy atom. The Hall–Kier alpha value is -1.42. The summed E-state index contributed by atoms with van der Waals surface area (Å²) in [5, 5.41) is 1.58. The Kier molecular flexibility index (Phi) is 1.98. The normalized spacial score (nSPS) is 10.8. The summed E-state index contributed by atoms with van der Waals surface area (Å²) < 4.78 is 21.7. The molecule has 0 saturated heterocycles. The fraction of sp³-hybridized carbons (Fsp3) is 0. The van der Waals surface area contributed by atoms with Gasteiger partial charge in [0.15, 0.2) is 10.7 Å². The van der Waals surface area contributed by atoms with E-state index in [9.17, 15) is 8.42 Å². The molecule has 66 valence electrons. The van der Waals surface area contributed by atoms with Gasteiger partial charge >= 0.3 is 0 Å². The Morgan fingerprint density at radius 2 is 2.00 bits per heavy atom. The van der Waals surface area contributed by atoms with E-state index in [4.69, 9.17) is 0 Å². The van der Waals surface area contributed by atoms with Crippen LogP contribution in [0.4, 0.5) is 0 Å². The third kappa shape index (κ3) is 1.40. The zero-order chi connectivity index (χ0) is 9.26. The van der Waals surface area contributed by atoms with Gasteiger partial charge in [-0.2, -0.15) is 0 Å². The Labute approximate surface area is 77.0 Å². The number of pyridine rings is 1. The third-order valence-corrected chi connectivity index (χ3v) is 2.64. The molecule has 0 unspecified atom stereocenters. The molecule has 0 amide bonds. The van der Waals surface area contributed by atoms with Gasteiger partial charge in [-0.1, -0.05) is 12.1 Å². The Balaban J connectivity index is 2.91. The molecule has 2 rings (SSSR count). The van der Waals surface area contributed by atoms with Crippen molar-refractivity contribution >= 4 is 21.5 Å². The molecule has 4 heteroatoms. The molecule has 2 aromatic rings. The molecule has 1 heterocycles. The second kappa shape index (κ2) is 3.14. The summed E-state index contributed by atoms with van der Waals surface area (Å²) in [5.74, 6) is 0. The van der Waals surface area contributed by atoms with Crippen molar-refractivity contribution < 1.29 is 8.42 Å². The molecule has 0 radical (unpaired) electrons. The summed E-state index contributed by atoms with van der Waals surface area (Å²) in [4.78, 5) is 4.27. The number of fused-ring (bicyclic) bond motifs is 1. The van der Waals surface area contributed by atoms with Gasteiger partial charge in [-0.3, -0.25) is 4.98 Å². The summed E-state index contributed by atoms with van der Waals surface area (Å²) in [5.41, 5.74) is 0. The van der Waals surface area contributed by atoms with E-state index in [0.29, 0.717) is 4.90 Å². The highest BCUT2D eigenvalue weighted by atomic mass is 32.2. The van der Waals surface area contributed by atoms with Crippen LogP contribution < -0.4 is 0 Å². The standard InChI is InChI=1S/C9H7NO2S/c11-13(12)9-3-1-2-7-6-10-5-4-8(7)9/h1-6,13H. The first-order valence-corrected chi connectivity index (χ1v) is 4.94. The van der Waals surface area contributed by atoms with Gasteiger partial charge in [-0.05, 0) is 12.1 Å². The van der Waals surface area contributed by atoms with E-state index in [1.807, 2.05) is 6.07 Å². The highest BCUT2D eigenvalue weighted by Crippen LogP contribution is 2.17. The molecule has 0 spiro atoms. The van der Waals surface area contributed by atoms with E-state index in [-0.39, 0.29) is 0 Å². The first-order chi connectivity index (χ1) is 6.29. The van der Waals surface area contributed by atoms with Gasteiger partial charge in [0.2, 0.25) is 0 Å². The maximum Gasteiger partial charge on any atom is 0.168 e. The zero-order valence-corrected chi connectivity index (χ0v) is 7.57. The number of hydrogen-bond acceptors (Lipinski definition) is 3. The lowest BCUT2D eigenvalue weighted by Gasteiger charge is -1.97. The van der Waals surface area contributed by atoms with Gasteiger partial charge in [0, 0.05) is 23.2 Å². The summed E-state index contributed by atoms with van der Waals surface area (Å²) >= 11 is 0. The maximum atomic E-state index is 10.8. The molecule has 3 nitrogen and oxygen atoms in total. The van der Waals surface area contributed by atoms with Crippen LogP contribution in [0.25, 0.3) is 10.8 Å². The monoisotopic (exact) mass is 193 g/mol. The molecular formula is C9H7NO2S. The van der Waals surface area contributed by atoms with E-state index in [1.54, 1.807) is 30.6 Å². The molecule has 13 heavy (non-hydrogen) atoms. The fourth-order valence-electron chi connectivity index (χ4n) is 1.26. The highest BCUT2D eigenvalue weighted by molar-refractivity contribution is 7.72. The van der Waals surface area contributed by atoms with Gasteiger partial charge in [0.05, 0.1) is 4.90 Å². The van der Waals surface area contributed by atoms with Crippen LogP contribution in [0.15, 0.2) is 41.6 Å². The second-order valence-electron chi connectivity index (χ2n) is 2.63. The lowest BCUT2D eigenvalue weighted by Crippen LogP contribution is -1.83. The van der Waals surface area contributed by atoms with Crippen LogP contribution in [-0.4, -0.2) is 13.4 Å². The molecule has 0 aliphatic heterocycles. The molecule has 1 aromatic carbocycles.